The Balaban J connectivity index is 0.000000214. The monoisotopic (exact) mass is 492 g/mol. The van der Waals surface area contributed by atoms with Crippen LogP contribution in [0, 0.1) is 5.82 Å². The predicted octanol–water partition coefficient (Wildman–Crippen LogP) is 3.69. The number of rotatable bonds is 4. The maximum Gasteiger partial charge on any atom is 0.394 e. The van der Waals surface area contributed by atoms with Gasteiger partial charge in [-0.05, 0) is 12.1 Å². The molecule has 186 valence electrons. The second-order valence-corrected chi connectivity index (χ2v) is 9.06. The van der Waals surface area contributed by atoms with Gasteiger partial charge in [0.15, 0.2) is 5.82 Å². The highest BCUT2D eigenvalue weighted by atomic mass is 19.1. The Labute approximate surface area is 205 Å². The van der Waals surface area contributed by atoms with Crippen LogP contribution in [0.2, 0.25) is 0 Å². The molecule has 0 aliphatic heterocycles. The average Bonchev–Trinajstić information content (AvgIpc) is 3.57. The van der Waals surface area contributed by atoms with Gasteiger partial charge >= 0.3 is 11.9 Å². The number of aromatic amines is 1. The van der Waals surface area contributed by atoms with Gasteiger partial charge in [0.25, 0.3) is 0 Å². The normalized spacial score (nSPS) is 11.4. The van der Waals surface area contributed by atoms with Crippen molar-refractivity contribution in [3.05, 3.63) is 66.1 Å². The number of hydrogen-bond acceptors (Lipinski definition) is 8. The molecule has 0 aliphatic carbocycles. The van der Waals surface area contributed by atoms with Crippen LogP contribution in [0.15, 0.2) is 47.5 Å². The molecule has 1 aromatic carbocycles. The molecule has 5 aromatic rings. The first-order chi connectivity index (χ1) is 17.1. The Morgan fingerprint density at radius 3 is 2.56 bits per heavy atom. The van der Waals surface area contributed by atoms with Gasteiger partial charge in [-0.1, -0.05) is 38.1 Å². The van der Waals surface area contributed by atoms with Gasteiger partial charge in [-0.3, -0.25) is 4.68 Å². The molecule has 0 saturated carbocycles. The topological polar surface area (TPSA) is 162 Å². The number of benzene rings is 1. The van der Waals surface area contributed by atoms with Crippen molar-refractivity contribution in [3.63, 3.8) is 0 Å². The van der Waals surface area contributed by atoms with Crippen LogP contribution in [0.5, 0.6) is 0 Å². The van der Waals surface area contributed by atoms with Gasteiger partial charge in [-0.2, -0.15) is 10.1 Å². The highest BCUT2D eigenvalue weighted by Gasteiger charge is 2.23. The summed E-state index contributed by atoms with van der Waals surface area (Å²) in [5.41, 5.74) is 9.62. The van der Waals surface area contributed by atoms with E-state index in [-0.39, 0.29) is 23.7 Å². The summed E-state index contributed by atoms with van der Waals surface area (Å²) in [6.07, 6.45) is 5.15. The zero-order valence-corrected chi connectivity index (χ0v) is 20.2. The summed E-state index contributed by atoms with van der Waals surface area (Å²) >= 11 is 0. The van der Waals surface area contributed by atoms with Crippen LogP contribution in [-0.2, 0) is 19.0 Å². The molecule has 0 radical (unpaired) electrons. The Bertz CT molecular complexity index is 1530. The zero-order valence-electron chi connectivity index (χ0n) is 20.2. The molecule has 0 bridgehead atoms. The Kier molecular flexibility index (Phi) is 6.62. The van der Waals surface area contributed by atoms with Crippen LogP contribution in [-0.4, -0.2) is 45.9 Å². The van der Waals surface area contributed by atoms with Crippen LogP contribution in [0.25, 0.3) is 33.5 Å². The smallest absolute Gasteiger partial charge is 0.394 e. The number of nitrogens with one attached hydrogen (secondary N) is 1. The van der Waals surface area contributed by atoms with Gasteiger partial charge in [0.1, 0.15) is 17.8 Å². The van der Waals surface area contributed by atoms with Crippen LogP contribution in [0.4, 0.5) is 4.39 Å². The van der Waals surface area contributed by atoms with E-state index in [0.29, 0.717) is 28.3 Å². The lowest BCUT2D eigenvalue weighted by atomic mass is 9.96. The molecular formula is C24H25FN8O3. The van der Waals surface area contributed by atoms with Crippen LogP contribution < -0.4 is 5.73 Å². The summed E-state index contributed by atoms with van der Waals surface area (Å²) in [6, 6.07) is 6.92. The van der Waals surface area contributed by atoms with Gasteiger partial charge in [0, 0.05) is 47.3 Å². The molecular weight excluding hydrogens is 467 g/mol. The van der Waals surface area contributed by atoms with Gasteiger partial charge in [0.2, 0.25) is 0 Å². The van der Waals surface area contributed by atoms with E-state index in [4.69, 9.17) is 10.8 Å². The van der Waals surface area contributed by atoms with Crippen molar-refractivity contribution in [1.82, 2.24) is 34.9 Å². The summed E-state index contributed by atoms with van der Waals surface area (Å²) in [5.74, 6) is -1.48. The Hall–Kier alpha value is -4.45. The molecule has 0 spiro atoms. The molecule has 4 N–H and O–H groups in total. The molecule has 4 heterocycles. The lowest BCUT2D eigenvalue weighted by Crippen LogP contribution is -2.13. The molecule has 11 nitrogen and oxygen atoms in total. The molecule has 12 heteroatoms. The summed E-state index contributed by atoms with van der Waals surface area (Å²) in [5, 5.41) is 17.0. The highest BCUT2D eigenvalue weighted by molar-refractivity contribution is 5.94. The third-order valence-corrected chi connectivity index (χ3v) is 5.27. The third-order valence-electron chi connectivity index (χ3n) is 5.27. The van der Waals surface area contributed by atoms with E-state index in [1.54, 1.807) is 16.9 Å². The predicted molar refractivity (Wildman–Crippen MR) is 129 cm³/mol. The summed E-state index contributed by atoms with van der Waals surface area (Å²) in [7, 11) is 1.86. The van der Waals surface area contributed by atoms with Crippen molar-refractivity contribution in [2.75, 3.05) is 0 Å². The van der Waals surface area contributed by atoms with Crippen molar-refractivity contribution in [2.45, 2.75) is 32.7 Å². The number of aromatic carboxylic acids is 1. The van der Waals surface area contributed by atoms with Gasteiger partial charge in [0.05, 0.1) is 17.6 Å². The number of carboxylic acid groups (broad SMARTS) is 1. The standard InChI is InChI=1S/C17H15FN6.C7H10N2O3/c1-24-8-12(7-22-24)15-5-13-16(20-9-21-17(13)23-15)10-2-3-11(6-19)14(18)4-10;1-7(2,3)6-8-4(5(10)11)12-9-6/h2-5,7-9H,6,19H2,1H3,(H,20,21,23);1-3H3,(H,10,11). The SMILES string of the molecule is CC(C)(C)c1noc(C(=O)O)n1.Cn1cc(-c2cc3c(-c4ccc(CN)c(F)c4)ncnc3[nH]2)cn1. The molecule has 0 aliphatic rings. The largest absolute Gasteiger partial charge is 0.474 e. The number of H-pyrrole nitrogens is 1. The van der Waals surface area contributed by atoms with E-state index in [1.807, 2.05) is 46.1 Å². The molecule has 5 rings (SSSR count). The second-order valence-electron chi connectivity index (χ2n) is 9.06. The van der Waals surface area contributed by atoms with Crippen LogP contribution in [0.3, 0.4) is 0 Å². The van der Waals surface area contributed by atoms with Crippen LogP contribution in [0.1, 0.15) is 42.8 Å². The Morgan fingerprint density at radius 1 is 1.22 bits per heavy atom. The number of aromatic nitrogens is 7. The van der Waals surface area contributed by atoms with Crippen LogP contribution >= 0.6 is 0 Å². The minimum Gasteiger partial charge on any atom is -0.474 e. The number of halogens is 1. The number of nitrogens with two attached hydrogens (primary N) is 1. The molecule has 36 heavy (non-hydrogen) atoms. The van der Waals surface area contributed by atoms with E-state index < -0.39 is 5.97 Å². The van der Waals surface area contributed by atoms with E-state index in [0.717, 1.165) is 16.6 Å². The lowest BCUT2D eigenvalue weighted by molar-refractivity contribution is 0.0643. The molecule has 0 amide bonds. The average molecular weight is 493 g/mol. The third kappa shape index (κ3) is 5.13. The van der Waals surface area contributed by atoms with Gasteiger partial charge in [-0.25, -0.2) is 19.2 Å². The highest BCUT2D eigenvalue weighted by Crippen LogP contribution is 2.30. The summed E-state index contributed by atoms with van der Waals surface area (Å²) in [6.45, 7) is 5.80. The summed E-state index contributed by atoms with van der Waals surface area (Å²) in [4.78, 5) is 25.9. The number of hydrogen-bond donors (Lipinski definition) is 3. The first-order valence-electron chi connectivity index (χ1n) is 11.0. The van der Waals surface area contributed by atoms with E-state index in [2.05, 4.69) is 34.7 Å². The van der Waals surface area contributed by atoms with Gasteiger partial charge in [-0.15, -0.1) is 0 Å². The quantitative estimate of drug-likeness (QED) is 0.340. The number of carboxylic acids is 1. The van der Waals surface area contributed by atoms with Crippen molar-refractivity contribution in [2.24, 2.45) is 12.8 Å². The lowest BCUT2D eigenvalue weighted by Gasteiger charge is -2.10. The fourth-order valence-electron chi connectivity index (χ4n) is 3.36. The van der Waals surface area contributed by atoms with Crippen molar-refractivity contribution in [1.29, 1.82) is 0 Å². The minimum absolute atomic E-state index is 0.167. The Morgan fingerprint density at radius 2 is 2.00 bits per heavy atom. The minimum atomic E-state index is -1.20. The van der Waals surface area contributed by atoms with Gasteiger partial charge < -0.3 is 20.3 Å². The fourth-order valence-corrected chi connectivity index (χ4v) is 3.36. The molecule has 0 atom stereocenters. The molecule has 0 unspecified atom stereocenters. The van der Waals surface area contributed by atoms with E-state index in [1.165, 1.54) is 12.4 Å². The first-order valence-corrected chi connectivity index (χ1v) is 11.0. The van der Waals surface area contributed by atoms with Crippen molar-refractivity contribution in [3.8, 4) is 22.5 Å². The molecule has 0 saturated heterocycles. The van der Waals surface area contributed by atoms with Crippen molar-refractivity contribution >= 4 is 17.0 Å². The number of carbonyl (C=O) groups is 1. The molecule has 0 fully saturated rings. The first kappa shape index (κ1) is 24.7. The van der Waals surface area contributed by atoms with E-state index >= 15 is 0 Å². The second kappa shape index (κ2) is 9.66. The number of fused-ring (bicyclic) bond motifs is 1. The maximum absolute atomic E-state index is 14.1. The van der Waals surface area contributed by atoms with Crippen molar-refractivity contribution < 1.29 is 18.8 Å². The molecule has 4 aromatic heterocycles. The zero-order chi connectivity index (χ0) is 26.0. The summed E-state index contributed by atoms with van der Waals surface area (Å²) < 4.78 is 20.3. The van der Waals surface area contributed by atoms with E-state index in [9.17, 15) is 9.18 Å². The maximum atomic E-state index is 14.1. The number of nitrogens with zero attached hydrogens (tertiary/aromatic N) is 6. The number of aryl methyl sites for hydroxylation is 1. The fraction of sp³-hybridized carbons (Fsp3) is 0.250.